The topological polar surface area (TPSA) is 63.7 Å². The van der Waals surface area contributed by atoms with Crippen molar-refractivity contribution in [3.8, 4) is 0 Å². The fourth-order valence-corrected chi connectivity index (χ4v) is 3.18. The molecule has 0 amide bonds. The van der Waals surface area contributed by atoms with Crippen LogP contribution in [0.5, 0.6) is 0 Å². The number of hydrogen-bond acceptors (Lipinski definition) is 4. The molecule has 0 aliphatic rings. The second-order valence-electron chi connectivity index (χ2n) is 5.43. The Morgan fingerprint density at radius 3 is 2.48 bits per heavy atom. The van der Waals surface area contributed by atoms with E-state index in [9.17, 15) is 13.2 Å². The molecule has 0 N–H and O–H groups in total. The lowest BCUT2D eigenvalue weighted by Gasteiger charge is -2.12. The Labute approximate surface area is 156 Å². The Morgan fingerprint density at radius 1 is 1.16 bits per heavy atom. The van der Waals surface area contributed by atoms with Crippen LogP contribution in [-0.2, 0) is 26.2 Å². The van der Waals surface area contributed by atoms with Crippen molar-refractivity contribution >= 4 is 38.0 Å². The van der Waals surface area contributed by atoms with Crippen molar-refractivity contribution in [1.82, 2.24) is 4.31 Å². The summed E-state index contributed by atoms with van der Waals surface area (Å²) in [5.74, 6) is -0.496. The molecule has 5 nitrogen and oxygen atoms in total. The molecule has 0 spiro atoms. The lowest BCUT2D eigenvalue weighted by Crippen LogP contribution is -2.22. The van der Waals surface area contributed by atoms with Gasteiger partial charge in [-0.15, -0.1) is 0 Å². The van der Waals surface area contributed by atoms with E-state index in [4.69, 9.17) is 4.74 Å². The van der Waals surface area contributed by atoms with Gasteiger partial charge in [0.1, 0.15) is 6.61 Å². The van der Waals surface area contributed by atoms with Crippen LogP contribution >= 0.6 is 15.9 Å². The van der Waals surface area contributed by atoms with Crippen molar-refractivity contribution in [2.24, 2.45) is 0 Å². The number of ether oxygens (including phenoxy) is 1. The molecule has 0 aromatic heterocycles. The van der Waals surface area contributed by atoms with E-state index in [1.54, 1.807) is 18.2 Å². The molecule has 0 radical (unpaired) electrons. The van der Waals surface area contributed by atoms with Gasteiger partial charge in [-0.25, -0.2) is 17.5 Å². The van der Waals surface area contributed by atoms with E-state index in [0.29, 0.717) is 5.56 Å². The van der Waals surface area contributed by atoms with E-state index in [-0.39, 0.29) is 11.5 Å². The van der Waals surface area contributed by atoms with Gasteiger partial charge in [0.25, 0.3) is 0 Å². The summed E-state index contributed by atoms with van der Waals surface area (Å²) in [5, 5.41) is 0. The van der Waals surface area contributed by atoms with Crippen LogP contribution < -0.4 is 0 Å². The fourth-order valence-electron chi connectivity index (χ4n) is 1.95. The molecule has 0 saturated heterocycles. The Balaban J connectivity index is 1.99. The molecule has 2 aromatic rings. The number of rotatable bonds is 6. The van der Waals surface area contributed by atoms with E-state index in [1.807, 2.05) is 24.3 Å². The molecule has 0 aliphatic heterocycles. The molecular weight excluding hydrogens is 406 g/mol. The van der Waals surface area contributed by atoms with E-state index in [0.717, 1.165) is 14.3 Å². The van der Waals surface area contributed by atoms with E-state index >= 15 is 0 Å². The molecule has 0 bridgehead atoms. The van der Waals surface area contributed by atoms with Crippen LogP contribution in [0.15, 0.2) is 64.0 Å². The van der Waals surface area contributed by atoms with Crippen LogP contribution in [0.25, 0.3) is 6.08 Å². The molecule has 0 heterocycles. The summed E-state index contributed by atoms with van der Waals surface area (Å²) in [5.41, 5.74) is 1.48. The highest BCUT2D eigenvalue weighted by molar-refractivity contribution is 9.10. The zero-order valence-electron chi connectivity index (χ0n) is 13.8. The standard InChI is InChI=1S/C18H18BrNO4S/c1-20(2)25(22,23)17-5-3-4-15(12-17)13-24-18(21)11-8-14-6-9-16(19)10-7-14/h3-12H,13H2,1-2H3/b11-8+. The van der Waals surface area contributed by atoms with Crippen molar-refractivity contribution in [3.05, 3.63) is 70.2 Å². The second kappa shape index (κ2) is 8.42. The van der Waals surface area contributed by atoms with Gasteiger partial charge in [-0.2, -0.15) is 0 Å². The summed E-state index contributed by atoms with van der Waals surface area (Å²) in [6.07, 6.45) is 2.99. The third-order valence-corrected chi connectivity index (χ3v) is 5.68. The first kappa shape index (κ1) is 19.4. The first-order valence-electron chi connectivity index (χ1n) is 7.41. The third-order valence-electron chi connectivity index (χ3n) is 3.34. The number of carbonyl (C=O) groups excluding carboxylic acids is 1. The van der Waals surface area contributed by atoms with Gasteiger partial charge in [0.05, 0.1) is 4.90 Å². The molecule has 0 unspecified atom stereocenters. The monoisotopic (exact) mass is 423 g/mol. The van der Waals surface area contributed by atoms with Crippen molar-refractivity contribution in [2.45, 2.75) is 11.5 Å². The van der Waals surface area contributed by atoms with Gasteiger partial charge in [-0.05, 0) is 41.5 Å². The maximum Gasteiger partial charge on any atom is 0.331 e. The van der Waals surface area contributed by atoms with Crippen LogP contribution in [0.3, 0.4) is 0 Å². The van der Waals surface area contributed by atoms with Crippen LogP contribution in [-0.4, -0.2) is 32.8 Å². The number of esters is 1. The first-order valence-corrected chi connectivity index (χ1v) is 9.64. The predicted octanol–water partition coefficient (Wildman–Crippen LogP) is 3.46. The molecule has 2 aromatic carbocycles. The number of sulfonamides is 1. The highest BCUT2D eigenvalue weighted by Crippen LogP contribution is 2.16. The molecule has 132 valence electrons. The van der Waals surface area contributed by atoms with E-state index < -0.39 is 16.0 Å². The normalized spacial score (nSPS) is 11.8. The van der Waals surface area contributed by atoms with Gasteiger partial charge in [0.2, 0.25) is 10.0 Å². The molecule has 0 saturated carbocycles. The number of nitrogens with zero attached hydrogens (tertiary/aromatic N) is 1. The average molecular weight is 424 g/mol. The minimum Gasteiger partial charge on any atom is -0.458 e. The van der Waals surface area contributed by atoms with Crippen LogP contribution in [0.2, 0.25) is 0 Å². The lowest BCUT2D eigenvalue weighted by atomic mass is 10.2. The highest BCUT2D eigenvalue weighted by Gasteiger charge is 2.17. The SMILES string of the molecule is CN(C)S(=O)(=O)c1cccc(COC(=O)/C=C/c2ccc(Br)cc2)c1. The van der Waals surface area contributed by atoms with Gasteiger partial charge in [0, 0.05) is 24.6 Å². The van der Waals surface area contributed by atoms with Crippen molar-refractivity contribution < 1.29 is 17.9 Å². The zero-order valence-corrected chi connectivity index (χ0v) is 16.2. The average Bonchev–Trinajstić information content (AvgIpc) is 2.59. The van der Waals surface area contributed by atoms with Crippen LogP contribution in [0, 0.1) is 0 Å². The fraction of sp³-hybridized carbons (Fsp3) is 0.167. The Kier molecular flexibility index (Phi) is 6.52. The molecule has 0 atom stereocenters. The third kappa shape index (κ3) is 5.52. The summed E-state index contributed by atoms with van der Waals surface area (Å²) in [4.78, 5) is 12.0. The molecule has 0 fully saturated rings. The van der Waals surface area contributed by atoms with Crippen molar-refractivity contribution in [3.63, 3.8) is 0 Å². The lowest BCUT2D eigenvalue weighted by molar-refractivity contribution is -0.138. The van der Waals surface area contributed by atoms with Gasteiger partial charge in [-0.3, -0.25) is 0 Å². The van der Waals surface area contributed by atoms with Crippen LogP contribution in [0.1, 0.15) is 11.1 Å². The van der Waals surface area contributed by atoms with Crippen LogP contribution in [0.4, 0.5) is 0 Å². The Hall–Kier alpha value is -1.96. The van der Waals surface area contributed by atoms with Gasteiger partial charge < -0.3 is 4.74 Å². The summed E-state index contributed by atoms with van der Waals surface area (Å²) >= 11 is 3.34. The summed E-state index contributed by atoms with van der Waals surface area (Å²) < 4.78 is 31.5. The molecular formula is C18H18BrNO4S. The Morgan fingerprint density at radius 2 is 1.84 bits per heavy atom. The molecule has 0 aliphatic carbocycles. The maximum atomic E-state index is 12.1. The number of hydrogen-bond donors (Lipinski definition) is 0. The largest absolute Gasteiger partial charge is 0.458 e. The molecule has 7 heteroatoms. The number of carbonyl (C=O) groups is 1. The minimum absolute atomic E-state index is 0.000297. The summed E-state index contributed by atoms with van der Waals surface area (Å²) in [6, 6.07) is 13.8. The summed E-state index contributed by atoms with van der Waals surface area (Å²) in [6.45, 7) is 0.000297. The Bertz CT molecular complexity index is 874. The van der Waals surface area contributed by atoms with Crippen molar-refractivity contribution in [1.29, 1.82) is 0 Å². The molecule has 25 heavy (non-hydrogen) atoms. The number of halogens is 1. The summed E-state index contributed by atoms with van der Waals surface area (Å²) in [7, 11) is -0.578. The zero-order chi connectivity index (χ0) is 18.4. The smallest absolute Gasteiger partial charge is 0.331 e. The molecule has 2 rings (SSSR count). The number of benzene rings is 2. The maximum absolute atomic E-state index is 12.1. The highest BCUT2D eigenvalue weighted by atomic mass is 79.9. The quantitative estimate of drug-likeness (QED) is 0.527. The predicted molar refractivity (Wildman–Crippen MR) is 100 cm³/mol. The second-order valence-corrected chi connectivity index (χ2v) is 8.49. The van der Waals surface area contributed by atoms with E-state index in [2.05, 4.69) is 15.9 Å². The van der Waals surface area contributed by atoms with Gasteiger partial charge in [0.15, 0.2) is 0 Å². The van der Waals surface area contributed by atoms with E-state index in [1.165, 1.54) is 32.3 Å². The van der Waals surface area contributed by atoms with Gasteiger partial charge >= 0.3 is 5.97 Å². The minimum atomic E-state index is -3.51. The first-order chi connectivity index (χ1) is 11.8. The van der Waals surface area contributed by atoms with Crippen molar-refractivity contribution in [2.75, 3.05) is 14.1 Å². The van der Waals surface area contributed by atoms with Gasteiger partial charge in [-0.1, -0.05) is 40.2 Å².